The molecule has 0 radical (unpaired) electrons. The summed E-state index contributed by atoms with van der Waals surface area (Å²) >= 11 is 0. The Hall–Kier alpha value is -3.28. The smallest absolute Gasteiger partial charge is 0.125 e. The summed E-state index contributed by atoms with van der Waals surface area (Å²) in [6.07, 6.45) is 6.01. The molecule has 0 unspecified atom stereocenters. The topological polar surface area (TPSA) is 69.0 Å². The van der Waals surface area contributed by atoms with E-state index in [2.05, 4.69) is 61.4 Å². The molecular formula is C29H34N4O2. The van der Waals surface area contributed by atoms with Crippen molar-refractivity contribution in [3.05, 3.63) is 70.2 Å². The Labute approximate surface area is 207 Å². The first kappa shape index (κ1) is 23.5. The second kappa shape index (κ2) is 9.76. The fraction of sp³-hybridized carbons (Fsp3) is 0.448. The van der Waals surface area contributed by atoms with Crippen LogP contribution in [0.25, 0.3) is 10.9 Å². The van der Waals surface area contributed by atoms with Gasteiger partial charge in [0.2, 0.25) is 0 Å². The van der Waals surface area contributed by atoms with Crippen molar-refractivity contribution >= 4 is 22.3 Å². The number of nitrogens with zero attached hydrogens (tertiary/aromatic N) is 4. The van der Waals surface area contributed by atoms with E-state index < -0.39 is 0 Å². The van der Waals surface area contributed by atoms with Crippen LogP contribution in [0.5, 0.6) is 0 Å². The SMILES string of the molecule is Cc1ccc2c(n1)/C(=N/OCC(C)(C)CO/N=C1\CCCc3c1nc1ccccc1c3C)CCC2. The Bertz CT molecular complexity index is 1310. The highest BCUT2D eigenvalue weighted by atomic mass is 16.6. The highest BCUT2D eigenvalue weighted by Crippen LogP contribution is 2.29. The molecule has 6 nitrogen and oxygen atoms in total. The number of rotatable bonds is 6. The minimum atomic E-state index is -0.240. The van der Waals surface area contributed by atoms with Crippen LogP contribution in [0.2, 0.25) is 0 Å². The molecule has 0 N–H and O–H groups in total. The molecule has 0 saturated heterocycles. The molecule has 0 aliphatic heterocycles. The minimum Gasteiger partial charge on any atom is -0.395 e. The summed E-state index contributed by atoms with van der Waals surface area (Å²) in [5, 5.41) is 10.2. The van der Waals surface area contributed by atoms with Crippen molar-refractivity contribution in [2.45, 2.75) is 66.2 Å². The third-order valence-electron chi connectivity index (χ3n) is 6.90. The number of para-hydroxylation sites is 1. The zero-order valence-corrected chi connectivity index (χ0v) is 21.2. The fourth-order valence-corrected chi connectivity index (χ4v) is 4.90. The molecule has 2 aliphatic rings. The Morgan fingerprint density at radius 1 is 0.800 bits per heavy atom. The summed E-state index contributed by atoms with van der Waals surface area (Å²) in [5.74, 6) is 0. The molecule has 0 fully saturated rings. The maximum atomic E-state index is 5.87. The van der Waals surface area contributed by atoms with Gasteiger partial charge in [0.05, 0.1) is 16.9 Å². The Kier molecular flexibility index (Phi) is 6.54. The van der Waals surface area contributed by atoms with E-state index in [1.54, 1.807) is 0 Å². The van der Waals surface area contributed by atoms with E-state index in [4.69, 9.17) is 19.6 Å². The lowest BCUT2D eigenvalue weighted by Crippen LogP contribution is -2.25. The zero-order chi connectivity index (χ0) is 24.4. The summed E-state index contributed by atoms with van der Waals surface area (Å²) in [5.41, 5.74) is 9.51. The van der Waals surface area contributed by atoms with Gasteiger partial charge in [0.15, 0.2) is 0 Å². The van der Waals surface area contributed by atoms with E-state index in [1.807, 2.05) is 13.0 Å². The number of benzene rings is 1. The van der Waals surface area contributed by atoms with Gasteiger partial charge in [-0.2, -0.15) is 0 Å². The van der Waals surface area contributed by atoms with Crippen LogP contribution in [0.15, 0.2) is 46.7 Å². The second-order valence-electron chi connectivity index (χ2n) is 10.5. The first-order valence-corrected chi connectivity index (χ1v) is 12.6. The van der Waals surface area contributed by atoms with Gasteiger partial charge in [0.25, 0.3) is 0 Å². The second-order valence-corrected chi connectivity index (χ2v) is 10.5. The van der Waals surface area contributed by atoms with Gasteiger partial charge in [-0.05, 0) is 81.2 Å². The third kappa shape index (κ3) is 5.07. The molecule has 0 amide bonds. The lowest BCUT2D eigenvalue weighted by Gasteiger charge is -2.23. The molecule has 2 aromatic heterocycles. The molecule has 0 spiro atoms. The van der Waals surface area contributed by atoms with Crippen LogP contribution in [0, 0.1) is 19.3 Å². The van der Waals surface area contributed by atoms with Gasteiger partial charge in [0, 0.05) is 16.5 Å². The lowest BCUT2D eigenvalue weighted by atomic mass is 9.89. The first-order chi connectivity index (χ1) is 16.9. The number of aromatic nitrogens is 2. The predicted molar refractivity (Wildman–Crippen MR) is 140 cm³/mol. The van der Waals surface area contributed by atoms with Crippen molar-refractivity contribution in [2.24, 2.45) is 15.7 Å². The predicted octanol–water partition coefficient (Wildman–Crippen LogP) is 6.09. The molecule has 0 atom stereocenters. The molecule has 3 aromatic rings. The van der Waals surface area contributed by atoms with Crippen LogP contribution in [0.3, 0.4) is 0 Å². The zero-order valence-electron chi connectivity index (χ0n) is 21.2. The van der Waals surface area contributed by atoms with E-state index in [9.17, 15) is 0 Å². The molecule has 5 rings (SSSR count). The van der Waals surface area contributed by atoms with Crippen LogP contribution in [0.1, 0.15) is 73.3 Å². The van der Waals surface area contributed by atoms with E-state index in [0.717, 1.165) is 72.5 Å². The monoisotopic (exact) mass is 470 g/mol. The van der Waals surface area contributed by atoms with Crippen LogP contribution in [-0.2, 0) is 22.5 Å². The molecule has 1 aromatic carbocycles. The van der Waals surface area contributed by atoms with Crippen LogP contribution >= 0.6 is 0 Å². The van der Waals surface area contributed by atoms with Crippen LogP contribution < -0.4 is 0 Å². The fourth-order valence-electron chi connectivity index (χ4n) is 4.90. The van der Waals surface area contributed by atoms with E-state index in [0.29, 0.717) is 13.2 Å². The molecule has 6 heteroatoms. The number of fused-ring (bicyclic) bond motifs is 3. The van der Waals surface area contributed by atoms with Gasteiger partial charge in [-0.3, -0.25) is 4.98 Å². The van der Waals surface area contributed by atoms with E-state index in [-0.39, 0.29) is 5.41 Å². The molecular weight excluding hydrogens is 436 g/mol. The Morgan fingerprint density at radius 2 is 1.49 bits per heavy atom. The summed E-state index contributed by atoms with van der Waals surface area (Å²) in [6.45, 7) is 9.30. The minimum absolute atomic E-state index is 0.240. The van der Waals surface area contributed by atoms with Crippen LogP contribution in [0.4, 0.5) is 0 Å². The third-order valence-corrected chi connectivity index (χ3v) is 6.90. The number of hydrogen-bond acceptors (Lipinski definition) is 6. The molecule has 182 valence electrons. The van der Waals surface area contributed by atoms with Gasteiger partial charge >= 0.3 is 0 Å². The highest BCUT2D eigenvalue weighted by molar-refractivity contribution is 6.03. The Balaban J connectivity index is 1.24. The molecule has 2 aliphatic carbocycles. The number of aryl methyl sites for hydroxylation is 3. The Morgan fingerprint density at radius 3 is 2.26 bits per heavy atom. The molecule has 0 bridgehead atoms. The van der Waals surface area contributed by atoms with Gasteiger partial charge in [-0.25, -0.2) is 4.98 Å². The van der Waals surface area contributed by atoms with Crippen molar-refractivity contribution in [3.63, 3.8) is 0 Å². The summed E-state index contributed by atoms with van der Waals surface area (Å²) in [7, 11) is 0. The quantitative estimate of drug-likeness (QED) is 0.409. The van der Waals surface area contributed by atoms with E-state index in [1.165, 1.54) is 22.1 Å². The average Bonchev–Trinajstić information content (AvgIpc) is 2.85. The first-order valence-electron chi connectivity index (χ1n) is 12.6. The summed E-state index contributed by atoms with van der Waals surface area (Å²) < 4.78 is 0. The standard InChI is InChI=1S/C29H34N4O2/c1-19-15-16-21-9-7-13-25(27(21)30-19)32-34-17-29(3,4)18-35-33-26-14-8-11-23-20(2)22-10-5-6-12-24(22)31-28(23)26/h5-6,10,12,15-16H,7-9,11,13-14,17-18H2,1-4H3/b32-25+,33-26+. The maximum absolute atomic E-state index is 5.87. The van der Waals surface area contributed by atoms with Crippen molar-refractivity contribution < 1.29 is 9.68 Å². The maximum Gasteiger partial charge on any atom is 0.125 e. The molecule has 2 heterocycles. The van der Waals surface area contributed by atoms with Gasteiger partial charge < -0.3 is 9.68 Å². The van der Waals surface area contributed by atoms with Crippen molar-refractivity contribution in [3.8, 4) is 0 Å². The largest absolute Gasteiger partial charge is 0.395 e. The number of hydrogen-bond donors (Lipinski definition) is 0. The van der Waals surface area contributed by atoms with Crippen molar-refractivity contribution in [1.29, 1.82) is 0 Å². The van der Waals surface area contributed by atoms with Crippen LogP contribution in [-0.4, -0.2) is 34.6 Å². The average molecular weight is 471 g/mol. The van der Waals surface area contributed by atoms with Gasteiger partial charge in [-0.15, -0.1) is 0 Å². The molecule has 35 heavy (non-hydrogen) atoms. The normalized spacial score (nSPS) is 17.9. The van der Waals surface area contributed by atoms with Gasteiger partial charge in [0.1, 0.15) is 24.6 Å². The van der Waals surface area contributed by atoms with Crippen molar-refractivity contribution in [1.82, 2.24) is 9.97 Å². The number of oxime groups is 2. The summed E-state index contributed by atoms with van der Waals surface area (Å²) in [6, 6.07) is 12.5. The van der Waals surface area contributed by atoms with Gasteiger partial charge in [-0.1, -0.05) is 48.4 Å². The lowest BCUT2D eigenvalue weighted by molar-refractivity contribution is -0.000310. The highest BCUT2D eigenvalue weighted by Gasteiger charge is 2.24. The summed E-state index contributed by atoms with van der Waals surface area (Å²) in [4.78, 5) is 21.3. The number of pyridine rings is 2. The molecule has 0 saturated carbocycles. The van der Waals surface area contributed by atoms with Crippen molar-refractivity contribution in [2.75, 3.05) is 13.2 Å². The van der Waals surface area contributed by atoms with E-state index >= 15 is 0 Å².